The summed E-state index contributed by atoms with van der Waals surface area (Å²) in [6.45, 7) is 0. The topological polar surface area (TPSA) is 105 Å². The number of halogens is 1. The van der Waals surface area contributed by atoms with Gasteiger partial charge in [0, 0.05) is 22.7 Å². The number of hydrogen-bond acceptors (Lipinski definition) is 5. The van der Waals surface area contributed by atoms with Gasteiger partial charge in [0.1, 0.15) is 17.4 Å². The Morgan fingerprint density at radius 3 is 2.39 bits per heavy atom. The Hall–Kier alpha value is -4.04. The number of amides is 2. The van der Waals surface area contributed by atoms with Crippen LogP contribution in [0.2, 0.25) is 0 Å². The number of aromatic amines is 1. The lowest BCUT2D eigenvalue weighted by molar-refractivity contribution is -0.113. The highest BCUT2D eigenvalue weighted by molar-refractivity contribution is 6.29. The third-order valence-corrected chi connectivity index (χ3v) is 5.25. The third-order valence-electron chi connectivity index (χ3n) is 5.01. The lowest BCUT2D eigenvalue weighted by Gasteiger charge is -2.09. The van der Waals surface area contributed by atoms with Crippen molar-refractivity contribution >= 4 is 45.8 Å². The maximum atomic E-state index is 12.8. The summed E-state index contributed by atoms with van der Waals surface area (Å²) >= 11 is 5.52. The minimum atomic E-state index is -0.355. The number of aromatic nitrogens is 2. The minimum Gasteiger partial charge on any atom is -0.497 e. The molecule has 2 amide bonds. The largest absolute Gasteiger partial charge is 0.497 e. The normalized spacial score (nSPS) is 10.6. The van der Waals surface area contributed by atoms with Crippen LogP contribution in [-0.4, -0.2) is 42.1 Å². The van der Waals surface area contributed by atoms with Crippen molar-refractivity contribution < 1.29 is 19.1 Å². The average Bonchev–Trinajstić information content (AvgIpc) is 3.25. The highest BCUT2D eigenvalue weighted by atomic mass is 35.5. The van der Waals surface area contributed by atoms with Crippen LogP contribution in [0.25, 0.3) is 22.0 Å². The third kappa shape index (κ3) is 4.91. The van der Waals surface area contributed by atoms with Crippen molar-refractivity contribution in [3.05, 3.63) is 66.2 Å². The van der Waals surface area contributed by atoms with Gasteiger partial charge in [-0.25, -0.2) is 0 Å². The molecule has 0 unspecified atom stereocenters. The molecule has 3 aromatic carbocycles. The Morgan fingerprint density at radius 1 is 0.939 bits per heavy atom. The molecule has 0 saturated heterocycles. The van der Waals surface area contributed by atoms with Crippen LogP contribution in [0.3, 0.4) is 0 Å². The molecule has 3 N–H and O–H groups in total. The summed E-state index contributed by atoms with van der Waals surface area (Å²) in [6, 6.07) is 18.0. The van der Waals surface area contributed by atoms with Crippen molar-refractivity contribution in [2.45, 2.75) is 0 Å². The summed E-state index contributed by atoms with van der Waals surface area (Å²) in [4.78, 5) is 24.3. The van der Waals surface area contributed by atoms with Gasteiger partial charge >= 0.3 is 0 Å². The molecule has 33 heavy (non-hydrogen) atoms. The number of carbonyl (C=O) groups is 2. The molecule has 0 fully saturated rings. The molecule has 0 atom stereocenters. The van der Waals surface area contributed by atoms with Crippen molar-refractivity contribution in [2.75, 3.05) is 30.7 Å². The summed E-state index contributed by atoms with van der Waals surface area (Å²) in [5.74, 6) is 0.905. The van der Waals surface area contributed by atoms with Gasteiger partial charge in [0.05, 0.1) is 19.7 Å². The molecule has 0 aliphatic rings. The van der Waals surface area contributed by atoms with Crippen molar-refractivity contribution in [1.29, 1.82) is 0 Å². The van der Waals surface area contributed by atoms with Crippen LogP contribution in [0.5, 0.6) is 11.5 Å². The number of carbonyl (C=O) groups excluding carboxylic acids is 2. The van der Waals surface area contributed by atoms with Crippen LogP contribution in [0.1, 0.15) is 10.4 Å². The van der Waals surface area contributed by atoms with Crippen LogP contribution in [0.4, 0.5) is 11.5 Å². The highest BCUT2D eigenvalue weighted by Crippen LogP contribution is 2.32. The molecule has 1 heterocycles. The zero-order valence-electron chi connectivity index (χ0n) is 17.9. The van der Waals surface area contributed by atoms with E-state index in [1.807, 2.05) is 36.4 Å². The van der Waals surface area contributed by atoms with Crippen molar-refractivity contribution in [2.24, 2.45) is 0 Å². The lowest BCUT2D eigenvalue weighted by atomic mass is 10.0. The van der Waals surface area contributed by atoms with Gasteiger partial charge in [0.25, 0.3) is 5.91 Å². The lowest BCUT2D eigenvalue weighted by Crippen LogP contribution is -2.15. The number of methoxy groups -OCH3 is 2. The zero-order chi connectivity index (χ0) is 23.4. The fourth-order valence-corrected chi connectivity index (χ4v) is 3.45. The smallest absolute Gasteiger partial charge is 0.256 e. The number of fused-ring (bicyclic) bond motifs is 1. The molecular weight excluding hydrogens is 444 g/mol. The molecule has 0 bridgehead atoms. The summed E-state index contributed by atoms with van der Waals surface area (Å²) in [5, 5.41) is 13.4. The number of H-pyrrole nitrogens is 1. The Balaban J connectivity index is 1.58. The van der Waals surface area contributed by atoms with Crippen LogP contribution in [-0.2, 0) is 4.79 Å². The van der Waals surface area contributed by atoms with Gasteiger partial charge < -0.3 is 20.1 Å². The SMILES string of the molecule is COc1cc(OC)cc(-c2ccc3c(NC(=O)c4cccc(NC(=O)CCl)c4)n[nH]c3c2)c1. The molecule has 0 aliphatic heterocycles. The first-order valence-electron chi connectivity index (χ1n) is 9.99. The Kier molecular flexibility index (Phi) is 6.46. The van der Waals surface area contributed by atoms with Crippen molar-refractivity contribution in [1.82, 2.24) is 10.2 Å². The highest BCUT2D eigenvalue weighted by Gasteiger charge is 2.14. The number of nitrogens with one attached hydrogen (secondary N) is 3. The number of rotatable bonds is 7. The van der Waals surface area contributed by atoms with E-state index in [1.165, 1.54) is 0 Å². The van der Waals surface area contributed by atoms with E-state index in [-0.39, 0.29) is 17.7 Å². The standard InChI is InChI=1S/C24H21ClN4O4/c1-32-18-9-16(10-19(12-18)33-2)14-6-7-20-21(11-14)28-29-23(20)27-24(31)15-4-3-5-17(8-15)26-22(30)13-25/h3-12H,13H2,1-2H3,(H,26,30)(H2,27,28,29,31). The zero-order valence-corrected chi connectivity index (χ0v) is 18.7. The monoisotopic (exact) mass is 464 g/mol. The van der Waals surface area contributed by atoms with E-state index in [2.05, 4.69) is 20.8 Å². The molecule has 4 aromatic rings. The number of ether oxygens (including phenoxy) is 2. The second-order valence-electron chi connectivity index (χ2n) is 7.15. The van der Waals surface area contributed by atoms with Gasteiger partial charge in [-0.05, 0) is 53.6 Å². The van der Waals surface area contributed by atoms with Gasteiger partial charge in [0.2, 0.25) is 5.91 Å². The first kappa shape index (κ1) is 22.2. The van der Waals surface area contributed by atoms with E-state index in [0.29, 0.717) is 28.6 Å². The van der Waals surface area contributed by atoms with E-state index in [9.17, 15) is 9.59 Å². The quantitative estimate of drug-likeness (QED) is 0.344. The molecule has 8 nitrogen and oxygen atoms in total. The van der Waals surface area contributed by atoms with Crippen molar-refractivity contribution in [3.63, 3.8) is 0 Å². The predicted octanol–water partition coefficient (Wildman–Crippen LogP) is 4.68. The second-order valence-corrected chi connectivity index (χ2v) is 7.42. The van der Waals surface area contributed by atoms with E-state index in [4.69, 9.17) is 21.1 Å². The van der Waals surface area contributed by atoms with Gasteiger partial charge in [-0.3, -0.25) is 14.7 Å². The summed E-state index contributed by atoms with van der Waals surface area (Å²) in [6.07, 6.45) is 0. The molecule has 1 aromatic heterocycles. The first-order valence-corrected chi connectivity index (χ1v) is 10.5. The van der Waals surface area contributed by atoms with Gasteiger partial charge in [0.15, 0.2) is 5.82 Å². The number of benzene rings is 3. The van der Waals surface area contributed by atoms with E-state index >= 15 is 0 Å². The molecule has 0 spiro atoms. The average molecular weight is 465 g/mol. The van der Waals surface area contributed by atoms with Crippen LogP contribution < -0.4 is 20.1 Å². The molecule has 0 saturated carbocycles. The van der Waals surface area contributed by atoms with Crippen LogP contribution in [0.15, 0.2) is 60.7 Å². The number of hydrogen-bond donors (Lipinski definition) is 3. The first-order chi connectivity index (χ1) is 16.0. The van der Waals surface area contributed by atoms with E-state index < -0.39 is 0 Å². The fourth-order valence-electron chi connectivity index (χ4n) is 3.38. The molecular formula is C24H21ClN4O4. The summed E-state index contributed by atoms with van der Waals surface area (Å²) < 4.78 is 10.7. The Morgan fingerprint density at radius 2 is 1.70 bits per heavy atom. The second kappa shape index (κ2) is 9.62. The molecule has 168 valence electrons. The van der Waals surface area contributed by atoms with E-state index in [1.54, 1.807) is 38.5 Å². The Labute approximate surface area is 194 Å². The number of nitrogens with zero attached hydrogens (tertiary/aromatic N) is 1. The molecule has 4 rings (SSSR count). The maximum absolute atomic E-state index is 12.8. The maximum Gasteiger partial charge on any atom is 0.256 e. The van der Waals surface area contributed by atoms with Crippen LogP contribution >= 0.6 is 11.6 Å². The molecule has 0 radical (unpaired) electrons. The van der Waals surface area contributed by atoms with Crippen molar-refractivity contribution in [3.8, 4) is 22.6 Å². The molecule has 0 aliphatic carbocycles. The molecule has 9 heteroatoms. The number of anilines is 2. The van der Waals surface area contributed by atoms with Gasteiger partial charge in [-0.15, -0.1) is 11.6 Å². The van der Waals surface area contributed by atoms with E-state index in [0.717, 1.165) is 22.0 Å². The van der Waals surface area contributed by atoms with Gasteiger partial charge in [-0.2, -0.15) is 5.10 Å². The minimum absolute atomic E-state index is 0.166. The predicted molar refractivity (Wildman–Crippen MR) is 128 cm³/mol. The fraction of sp³-hybridized carbons (Fsp3) is 0.125. The summed E-state index contributed by atoms with van der Waals surface area (Å²) in [5.41, 5.74) is 3.47. The van der Waals surface area contributed by atoms with Gasteiger partial charge in [-0.1, -0.05) is 12.1 Å². The number of alkyl halides is 1. The van der Waals surface area contributed by atoms with Crippen LogP contribution in [0, 0.1) is 0 Å². The summed E-state index contributed by atoms with van der Waals surface area (Å²) in [7, 11) is 3.21. The Bertz CT molecular complexity index is 1310.